The molecule has 138 valence electrons. The SMILES string of the molecule is Cc1cc(C(Cl)C(F)(F)F)cc(C)c1NC(=O)c1cccc([N+](=O)[O-])c1. The third kappa shape index (κ3) is 4.32. The van der Waals surface area contributed by atoms with Gasteiger partial charge in [0.2, 0.25) is 0 Å². The second kappa shape index (κ2) is 7.33. The molecule has 26 heavy (non-hydrogen) atoms. The number of non-ortho nitro benzene ring substituents is 1. The lowest BCUT2D eigenvalue weighted by molar-refractivity contribution is -0.384. The number of aryl methyl sites for hydroxylation is 2. The largest absolute Gasteiger partial charge is 0.408 e. The van der Waals surface area contributed by atoms with Crippen LogP contribution >= 0.6 is 11.6 Å². The second-order valence-electron chi connectivity index (χ2n) is 5.70. The minimum Gasteiger partial charge on any atom is -0.321 e. The Bertz CT molecular complexity index is 846. The lowest BCUT2D eigenvalue weighted by Crippen LogP contribution is -2.17. The quantitative estimate of drug-likeness (QED) is 0.440. The van der Waals surface area contributed by atoms with Crippen molar-refractivity contribution >= 4 is 28.9 Å². The van der Waals surface area contributed by atoms with Gasteiger partial charge in [-0.05, 0) is 36.6 Å². The number of rotatable bonds is 4. The van der Waals surface area contributed by atoms with Crippen molar-refractivity contribution in [3.63, 3.8) is 0 Å². The number of amides is 1. The van der Waals surface area contributed by atoms with Gasteiger partial charge in [0, 0.05) is 23.4 Å². The van der Waals surface area contributed by atoms with Gasteiger partial charge in [-0.3, -0.25) is 14.9 Å². The number of hydrogen-bond donors (Lipinski definition) is 1. The van der Waals surface area contributed by atoms with E-state index in [4.69, 9.17) is 11.6 Å². The summed E-state index contributed by atoms with van der Waals surface area (Å²) in [5, 5.41) is 11.2. The molecule has 9 heteroatoms. The smallest absolute Gasteiger partial charge is 0.321 e. The lowest BCUT2D eigenvalue weighted by atomic mass is 10.0. The number of nitro groups is 1. The zero-order valence-electron chi connectivity index (χ0n) is 13.7. The Labute approximate surface area is 151 Å². The number of nitrogens with zero attached hydrogens (tertiary/aromatic N) is 1. The summed E-state index contributed by atoms with van der Waals surface area (Å²) in [6, 6.07) is 7.65. The van der Waals surface area contributed by atoms with E-state index >= 15 is 0 Å². The molecule has 0 fully saturated rings. The van der Waals surface area contributed by atoms with Crippen LogP contribution in [0.5, 0.6) is 0 Å². The van der Waals surface area contributed by atoms with Crippen LogP contribution in [-0.4, -0.2) is 17.0 Å². The van der Waals surface area contributed by atoms with E-state index in [9.17, 15) is 28.1 Å². The summed E-state index contributed by atoms with van der Waals surface area (Å²) in [7, 11) is 0. The summed E-state index contributed by atoms with van der Waals surface area (Å²) >= 11 is 5.45. The molecule has 5 nitrogen and oxygen atoms in total. The van der Waals surface area contributed by atoms with Crippen LogP contribution in [0.1, 0.15) is 32.4 Å². The van der Waals surface area contributed by atoms with Crippen molar-refractivity contribution in [3.8, 4) is 0 Å². The van der Waals surface area contributed by atoms with E-state index in [1.165, 1.54) is 30.3 Å². The minimum atomic E-state index is -4.59. The fourth-order valence-electron chi connectivity index (χ4n) is 2.48. The molecule has 0 bridgehead atoms. The molecule has 2 aromatic rings. The number of carbonyl (C=O) groups excluding carboxylic acids is 1. The highest BCUT2D eigenvalue weighted by Crippen LogP contribution is 2.39. The first-order valence-electron chi connectivity index (χ1n) is 7.38. The number of hydrogen-bond acceptors (Lipinski definition) is 3. The number of nitro benzene ring substituents is 1. The maximum Gasteiger partial charge on any atom is 0.408 e. The van der Waals surface area contributed by atoms with Crippen molar-refractivity contribution in [3.05, 3.63) is 68.8 Å². The van der Waals surface area contributed by atoms with Crippen molar-refractivity contribution in [2.45, 2.75) is 25.4 Å². The first-order valence-corrected chi connectivity index (χ1v) is 7.82. The van der Waals surface area contributed by atoms with Crippen LogP contribution in [0.25, 0.3) is 0 Å². The van der Waals surface area contributed by atoms with Crippen LogP contribution in [-0.2, 0) is 0 Å². The van der Waals surface area contributed by atoms with Gasteiger partial charge < -0.3 is 5.32 Å². The first-order chi connectivity index (χ1) is 12.0. The van der Waals surface area contributed by atoms with E-state index < -0.39 is 22.4 Å². The molecule has 0 aromatic heterocycles. The third-order valence-corrected chi connectivity index (χ3v) is 4.19. The van der Waals surface area contributed by atoms with Gasteiger partial charge >= 0.3 is 6.18 Å². The van der Waals surface area contributed by atoms with Crippen molar-refractivity contribution in [2.75, 3.05) is 5.32 Å². The topological polar surface area (TPSA) is 72.2 Å². The molecule has 2 rings (SSSR count). The van der Waals surface area contributed by atoms with Gasteiger partial charge in [0.25, 0.3) is 11.6 Å². The number of nitrogens with one attached hydrogen (secondary N) is 1. The predicted molar refractivity (Wildman–Crippen MR) is 91.6 cm³/mol. The molecule has 0 aliphatic heterocycles. The van der Waals surface area contributed by atoms with Gasteiger partial charge in [-0.2, -0.15) is 13.2 Å². The summed E-state index contributed by atoms with van der Waals surface area (Å²) in [5.41, 5.74) is 0.824. The van der Waals surface area contributed by atoms with Gasteiger partial charge in [-0.15, -0.1) is 11.6 Å². The molecule has 1 N–H and O–H groups in total. The Morgan fingerprint density at radius 2 is 1.77 bits per heavy atom. The van der Waals surface area contributed by atoms with Gasteiger partial charge in [0.1, 0.15) is 0 Å². The van der Waals surface area contributed by atoms with E-state index in [1.807, 2.05) is 0 Å². The maximum atomic E-state index is 12.8. The Hall–Kier alpha value is -2.61. The fourth-order valence-corrected chi connectivity index (χ4v) is 2.60. The van der Waals surface area contributed by atoms with Gasteiger partial charge in [-0.1, -0.05) is 18.2 Å². The molecule has 0 radical (unpaired) electrons. The molecular formula is C17H14ClF3N2O3. The average molecular weight is 387 g/mol. The first kappa shape index (κ1) is 19.7. The molecular weight excluding hydrogens is 373 g/mol. The molecule has 0 saturated carbocycles. The van der Waals surface area contributed by atoms with Crippen molar-refractivity contribution in [1.82, 2.24) is 0 Å². The zero-order valence-corrected chi connectivity index (χ0v) is 14.5. The van der Waals surface area contributed by atoms with E-state index in [-0.39, 0.29) is 16.8 Å². The number of carbonyl (C=O) groups is 1. The number of alkyl halides is 4. The average Bonchev–Trinajstić information content (AvgIpc) is 2.56. The number of halogens is 4. The summed E-state index contributed by atoms with van der Waals surface area (Å²) in [6.07, 6.45) is -4.59. The minimum absolute atomic E-state index is 0.0626. The highest BCUT2D eigenvalue weighted by molar-refractivity contribution is 6.21. The molecule has 0 aliphatic rings. The van der Waals surface area contributed by atoms with E-state index in [1.54, 1.807) is 13.8 Å². The highest BCUT2D eigenvalue weighted by Gasteiger charge is 2.39. The van der Waals surface area contributed by atoms with Crippen molar-refractivity contribution in [1.29, 1.82) is 0 Å². The second-order valence-corrected chi connectivity index (χ2v) is 6.13. The van der Waals surface area contributed by atoms with Gasteiger partial charge in [-0.25, -0.2) is 0 Å². The van der Waals surface area contributed by atoms with Crippen LogP contribution in [0.4, 0.5) is 24.5 Å². The predicted octanol–water partition coefficient (Wildman–Crippen LogP) is 5.31. The van der Waals surface area contributed by atoms with Crippen LogP contribution in [0.3, 0.4) is 0 Å². The van der Waals surface area contributed by atoms with Crippen molar-refractivity contribution < 1.29 is 22.9 Å². The summed E-state index contributed by atoms with van der Waals surface area (Å²) in [4.78, 5) is 22.5. The van der Waals surface area contributed by atoms with Crippen LogP contribution in [0.15, 0.2) is 36.4 Å². The highest BCUT2D eigenvalue weighted by atomic mass is 35.5. The molecule has 0 aliphatic carbocycles. The zero-order chi connectivity index (χ0) is 19.6. The third-order valence-electron chi connectivity index (χ3n) is 3.69. The Morgan fingerprint density at radius 3 is 2.27 bits per heavy atom. The summed E-state index contributed by atoms with van der Waals surface area (Å²) in [5.74, 6) is -0.606. The normalized spacial score (nSPS) is 12.5. The molecule has 1 amide bonds. The molecule has 2 aromatic carbocycles. The monoisotopic (exact) mass is 386 g/mol. The molecule has 0 spiro atoms. The standard InChI is InChI=1S/C17H14ClF3N2O3/c1-9-6-12(15(18)17(19,20)21)7-10(2)14(9)22-16(24)11-4-3-5-13(8-11)23(25)26/h3-8,15H,1-2H3,(H,22,24). The summed E-state index contributed by atoms with van der Waals surface area (Å²) < 4.78 is 38.3. The summed E-state index contributed by atoms with van der Waals surface area (Å²) in [6.45, 7) is 3.08. The Kier molecular flexibility index (Phi) is 5.56. The Morgan fingerprint density at radius 1 is 1.19 bits per heavy atom. The van der Waals surface area contributed by atoms with Crippen LogP contribution in [0, 0.1) is 24.0 Å². The molecule has 1 unspecified atom stereocenters. The van der Waals surface area contributed by atoms with Gasteiger partial charge in [0.15, 0.2) is 5.38 Å². The Balaban J connectivity index is 2.31. The number of anilines is 1. The molecule has 1 atom stereocenters. The van der Waals surface area contributed by atoms with Gasteiger partial charge in [0.05, 0.1) is 4.92 Å². The van der Waals surface area contributed by atoms with E-state index in [2.05, 4.69) is 5.32 Å². The molecule has 0 heterocycles. The van der Waals surface area contributed by atoms with Crippen LogP contribution < -0.4 is 5.32 Å². The maximum absolute atomic E-state index is 12.8. The fraction of sp³-hybridized carbons (Fsp3) is 0.235. The lowest BCUT2D eigenvalue weighted by Gasteiger charge is -2.18. The van der Waals surface area contributed by atoms with E-state index in [0.717, 1.165) is 6.07 Å². The van der Waals surface area contributed by atoms with Crippen LogP contribution in [0.2, 0.25) is 0 Å². The van der Waals surface area contributed by atoms with E-state index in [0.29, 0.717) is 16.8 Å². The number of benzene rings is 2. The molecule has 0 saturated heterocycles. The van der Waals surface area contributed by atoms with Crippen molar-refractivity contribution in [2.24, 2.45) is 0 Å².